The molecular weight excluding hydrogens is 370 g/mol. The first-order valence-corrected chi connectivity index (χ1v) is 9.55. The standard InChI is InChI=1S/C22H27N3O4/c1-5-11-29-19-10-9-17(13-20(19)28-6-2)14-23-25-22(27)21(26)24-18-12-15(3)7-8-16(18)4/h7-10,12-14H,5-6,11H2,1-4H3,(H,24,26)(H,25,27)/b23-14-. The number of rotatable bonds is 8. The fourth-order valence-electron chi connectivity index (χ4n) is 2.47. The predicted molar refractivity (Wildman–Crippen MR) is 114 cm³/mol. The van der Waals surface area contributed by atoms with Gasteiger partial charge in [-0.05, 0) is 68.1 Å². The molecule has 0 saturated carbocycles. The third-order valence-corrected chi connectivity index (χ3v) is 3.96. The van der Waals surface area contributed by atoms with Crippen LogP contribution in [0.15, 0.2) is 41.5 Å². The number of ether oxygens (including phenoxy) is 2. The van der Waals surface area contributed by atoms with Crippen LogP contribution in [0.4, 0.5) is 5.69 Å². The summed E-state index contributed by atoms with van der Waals surface area (Å²) in [6.07, 6.45) is 2.33. The zero-order valence-electron chi connectivity index (χ0n) is 17.2. The van der Waals surface area contributed by atoms with Crippen molar-refractivity contribution >= 4 is 23.7 Å². The molecule has 2 aromatic rings. The molecule has 2 amide bonds. The minimum absolute atomic E-state index is 0.498. The second-order valence-corrected chi connectivity index (χ2v) is 6.46. The molecule has 0 radical (unpaired) electrons. The fourth-order valence-corrected chi connectivity index (χ4v) is 2.47. The van der Waals surface area contributed by atoms with E-state index < -0.39 is 11.8 Å². The summed E-state index contributed by atoms with van der Waals surface area (Å²) in [5.41, 5.74) is 5.39. The van der Waals surface area contributed by atoms with Gasteiger partial charge in [0.2, 0.25) is 0 Å². The van der Waals surface area contributed by atoms with Crippen LogP contribution in [0.25, 0.3) is 0 Å². The Kier molecular flexibility index (Phi) is 8.21. The van der Waals surface area contributed by atoms with Crippen LogP contribution in [0, 0.1) is 13.8 Å². The highest BCUT2D eigenvalue weighted by atomic mass is 16.5. The predicted octanol–water partition coefficient (Wildman–Crippen LogP) is 3.58. The number of hydrazone groups is 1. The molecule has 0 saturated heterocycles. The smallest absolute Gasteiger partial charge is 0.329 e. The van der Waals surface area contributed by atoms with Crippen LogP contribution in [-0.4, -0.2) is 31.2 Å². The Morgan fingerprint density at radius 1 is 1.00 bits per heavy atom. The van der Waals surface area contributed by atoms with Gasteiger partial charge in [0.15, 0.2) is 11.5 Å². The van der Waals surface area contributed by atoms with Crippen molar-refractivity contribution in [3.8, 4) is 11.5 Å². The first-order valence-electron chi connectivity index (χ1n) is 9.55. The number of hydrogen-bond donors (Lipinski definition) is 2. The summed E-state index contributed by atoms with van der Waals surface area (Å²) in [6, 6.07) is 11.0. The summed E-state index contributed by atoms with van der Waals surface area (Å²) in [5, 5.41) is 6.45. The van der Waals surface area contributed by atoms with Crippen LogP contribution in [0.5, 0.6) is 11.5 Å². The van der Waals surface area contributed by atoms with Crippen molar-refractivity contribution in [2.45, 2.75) is 34.1 Å². The summed E-state index contributed by atoms with van der Waals surface area (Å²) in [7, 11) is 0. The number of nitrogens with zero attached hydrogens (tertiary/aromatic N) is 1. The zero-order valence-corrected chi connectivity index (χ0v) is 17.2. The lowest BCUT2D eigenvalue weighted by molar-refractivity contribution is -0.136. The van der Waals surface area contributed by atoms with Gasteiger partial charge in [0.05, 0.1) is 19.4 Å². The maximum Gasteiger partial charge on any atom is 0.329 e. The molecule has 154 valence electrons. The topological polar surface area (TPSA) is 89.0 Å². The molecule has 7 nitrogen and oxygen atoms in total. The van der Waals surface area contributed by atoms with Crippen molar-refractivity contribution in [1.29, 1.82) is 0 Å². The van der Waals surface area contributed by atoms with E-state index in [1.54, 1.807) is 24.3 Å². The van der Waals surface area contributed by atoms with Crippen LogP contribution in [0.3, 0.4) is 0 Å². The number of benzene rings is 2. The van der Waals surface area contributed by atoms with E-state index in [-0.39, 0.29) is 0 Å². The number of hydrogen-bond acceptors (Lipinski definition) is 5. The van der Waals surface area contributed by atoms with Crippen molar-refractivity contribution in [3.05, 3.63) is 53.1 Å². The Morgan fingerprint density at radius 3 is 2.52 bits per heavy atom. The van der Waals surface area contributed by atoms with Gasteiger partial charge in [0, 0.05) is 5.69 Å². The summed E-state index contributed by atoms with van der Waals surface area (Å²) >= 11 is 0. The number of amides is 2. The minimum atomic E-state index is -0.852. The molecule has 0 atom stereocenters. The normalized spacial score (nSPS) is 10.6. The minimum Gasteiger partial charge on any atom is -0.490 e. The fraction of sp³-hybridized carbons (Fsp3) is 0.318. The quantitative estimate of drug-likeness (QED) is 0.405. The van der Waals surface area contributed by atoms with E-state index in [0.29, 0.717) is 36.0 Å². The van der Waals surface area contributed by atoms with Gasteiger partial charge in [-0.3, -0.25) is 9.59 Å². The Balaban J connectivity index is 1.99. The van der Waals surface area contributed by atoms with Crippen molar-refractivity contribution in [1.82, 2.24) is 5.43 Å². The van der Waals surface area contributed by atoms with Crippen LogP contribution in [0.1, 0.15) is 37.0 Å². The SMILES string of the molecule is CCCOc1ccc(/C=N\NC(=O)C(=O)Nc2cc(C)ccc2C)cc1OCC. The van der Waals surface area contributed by atoms with Crippen LogP contribution in [-0.2, 0) is 9.59 Å². The molecule has 7 heteroatoms. The molecular formula is C22H27N3O4. The van der Waals surface area contributed by atoms with Crippen LogP contribution >= 0.6 is 0 Å². The van der Waals surface area contributed by atoms with Crippen molar-refractivity contribution < 1.29 is 19.1 Å². The lowest BCUT2D eigenvalue weighted by Crippen LogP contribution is -2.32. The monoisotopic (exact) mass is 397 g/mol. The van der Waals surface area contributed by atoms with E-state index in [1.807, 2.05) is 39.8 Å². The molecule has 0 aliphatic carbocycles. The van der Waals surface area contributed by atoms with Gasteiger partial charge < -0.3 is 14.8 Å². The van der Waals surface area contributed by atoms with E-state index in [0.717, 1.165) is 17.5 Å². The van der Waals surface area contributed by atoms with Gasteiger partial charge in [-0.1, -0.05) is 19.1 Å². The van der Waals surface area contributed by atoms with Crippen molar-refractivity contribution in [3.63, 3.8) is 0 Å². The highest BCUT2D eigenvalue weighted by Gasteiger charge is 2.14. The summed E-state index contributed by atoms with van der Waals surface area (Å²) in [6.45, 7) is 8.78. The number of aryl methyl sites for hydroxylation is 2. The molecule has 0 bridgehead atoms. The maximum absolute atomic E-state index is 12.1. The lowest BCUT2D eigenvalue weighted by atomic mass is 10.1. The molecule has 0 spiro atoms. The van der Waals surface area contributed by atoms with Gasteiger partial charge >= 0.3 is 11.8 Å². The zero-order chi connectivity index (χ0) is 21.2. The van der Waals surface area contributed by atoms with E-state index in [1.165, 1.54) is 6.21 Å². The molecule has 2 rings (SSSR count). The average molecular weight is 397 g/mol. The third-order valence-electron chi connectivity index (χ3n) is 3.96. The second-order valence-electron chi connectivity index (χ2n) is 6.46. The second kappa shape index (κ2) is 10.8. The molecule has 2 aromatic carbocycles. The summed E-state index contributed by atoms with van der Waals surface area (Å²) in [5.74, 6) is -0.379. The molecule has 0 heterocycles. The van der Waals surface area contributed by atoms with Gasteiger partial charge in [-0.15, -0.1) is 0 Å². The first kappa shape index (κ1) is 21.9. The van der Waals surface area contributed by atoms with Crippen LogP contribution < -0.4 is 20.2 Å². The first-order chi connectivity index (χ1) is 13.9. The number of anilines is 1. The van der Waals surface area contributed by atoms with Gasteiger partial charge in [0.25, 0.3) is 0 Å². The summed E-state index contributed by atoms with van der Waals surface area (Å²) < 4.78 is 11.2. The van der Waals surface area contributed by atoms with Gasteiger partial charge in [-0.25, -0.2) is 5.43 Å². The number of nitrogens with one attached hydrogen (secondary N) is 2. The van der Waals surface area contributed by atoms with Crippen molar-refractivity contribution in [2.24, 2.45) is 5.10 Å². The summed E-state index contributed by atoms with van der Waals surface area (Å²) in [4.78, 5) is 24.1. The molecule has 29 heavy (non-hydrogen) atoms. The molecule has 0 fully saturated rings. The third kappa shape index (κ3) is 6.64. The Bertz CT molecular complexity index is 894. The Labute approximate surface area is 171 Å². The highest BCUT2D eigenvalue weighted by Crippen LogP contribution is 2.28. The molecule has 0 unspecified atom stereocenters. The van der Waals surface area contributed by atoms with Crippen molar-refractivity contribution in [2.75, 3.05) is 18.5 Å². The number of carbonyl (C=O) groups excluding carboxylic acids is 2. The average Bonchev–Trinajstić information content (AvgIpc) is 2.70. The van der Waals surface area contributed by atoms with E-state index in [9.17, 15) is 9.59 Å². The molecule has 2 N–H and O–H groups in total. The lowest BCUT2D eigenvalue weighted by Gasteiger charge is -2.11. The molecule has 0 aliphatic rings. The van der Waals surface area contributed by atoms with E-state index in [4.69, 9.17) is 9.47 Å². The highest BCUT2D eigenvalue weighted by molar-refractivity contribution is 6.39. The van der Waals surface area contributed by atoms with Gasteiger partial charge in [-0.2, -0.15) is 5.10 Å². The van der Waals surface area contributed by atoms with Crippen LogP contribution in [0.2, 0.25) is 0 Å². The van der Waals surface area contributed by atoms with E-state index in [2.05, 4.69) is 15.8 Å². The Hall–Kier alpha value is -3.35. The number of carbonyl (C=O) groups is 2. The molecule has 0 aliphatic heterocycles. The van der Waals surface area contributed by atoms with Gasteiger partial charge in [0.1, 0.15) is 0 Å². The van der Waals surface area contributed by atoms with E-state index >= 15 is 0 Å². The largest absolute Gasteiger partial charge is 0.490 e. The maximum atomic E-state index is 12.1. The molecule has 0 aromatic heterocycles. The Morgan fingerprint density at radius 2 is 1.79 bits per heavy atom.